The van der Waals surface area contributed by atoms with Gasteiger partial charge in [0, 0.05) is 43.9 Å². The molecule has 51 heavy (non-hydrogen) atoms. The Morgan fingerprint density at radius 1 is 0.549 bits per heavy atom. The van der Waals surface area contributed by atoms with Crippen molar-refractivity contribution < 1.29 is 0 Å². The molecule has 0 fully saturated rings. The molecule has 0 bridgehead atoms. The molecule has 2 heterocycles. The van der Waals surface area contributed by atoms with E-state index in [1.165, 1.54) is 66.2 Å². The topological polar surface area (TPSA) is 24.3 Å². The van der Waals surface area contributed by atoms with Gasteiger partial charge in [-0.1, -0.05) is 146 Å². The standard InChI is InChI=1S/C47H40N4/c1-5-31-12-6-8-14-39(31)44-30-49(2)47(51(44)4)36-26-22-34(23-27-36)38-17-11-18-41-37(16-10-19-42(38)41)33-20-24-35(25-21-33)46-48-45-40-15-9-7-13-32(40)28-29-43(45)50(46)3/h6-30,47H,5H2,1-4H3. The Bertz CT molecular complexity index is 2610. The highest BCUT2D eigenvalue weighted by molar-refractivity contribution is 6.06. The Labute approximate surface area is 299 Å². The van der Waals surface area contributed by atoms with Crippen molar-refractivity contribution in [2.24, 2.45) is 7.05 Å². The zero-order chi connectivity index (χ0) is 34.6. The predicted octanol–water partition coefficient (Wildman–Crippen LogP) is 11.3. The van der Waals surface area contributed by atoms with Crippen LogP contribution in [0.3, 0.4) is 0 Å². The molecule has 0 N–H and O–H groups in total. The molecular formula is C47H40N4. The molecule has 1 atom stereocenters. The Morgan fingerprint density at radius 2 is 1.14 bits per heavy atom. The van der Waals surface area contributed by atoms with Gasteiger partial charge in [0.25, 0.3) is 0 Å². The van der Waals surface area contributed by atoms with Crippen LogP contribution < -0.4 is 0 Å². The van der Waals surface area contributed by atoms with E-state index in [4.69, 9.17) is 4.98 Å². The summed E-state index contributed by atoms with van der Waals surface area (Å²) in [6.07, 6.45) is 3.44. The summed E-state index contributed by atoms with van der Waals surface area (Å²) in [5.41, 5.74) is 13.4. The molecule has 0 saturated heterocycles. The number of nitrogens with zero attached hydrogens (tertiary/aromatic N) is 4. The molecule has 0 amide bonds. The van der Waals surface area contributed by atoms with Crippen molar-refractivity contribution in [2.75, 3.05) is 14.1 Å². The van der Waals surface area contributed by atoms with Gasteiger partial charge in [-0.25, -0.2) is 4.98 Å². The number of aromatic nitrogens is 2. The second-order valence-electron chi connectivity index (χ2n) is 13.7. The van der Waals surface area contributed by atoms with Crippen LogP contribution >= 0.6 is 0 Å². The van der Waals surface area contributed by atoms with Gasteiger partial charge in [0.15, 0.2) is 0 Å². The normalized spacial score (nSPS) is 14.6. The first-order valence-electron chi connectivity index (χ1n) is 17.8. The molecule has 0 aliphatic carbocycles. The molecule has 0 radical (unpaired) electrons. The third-order valence-corrected chi connectivity index (χ3v) is 10.8. The monoisotopic (exact) mass is 660 g/mol. The Balaban J connectivity index is 1.02. The molecule has 0 saturated carbocycles. The number of hydrogen-bond acceptors (Lipinski definition) is 3. The van der Waals surface area contributed by atoms with Crippen LogP contribution in [0, 0.1) is 0 Å². The van der Waals surface area contributed by atoms with Crippen molar-refractivity contribution in [3.05, 3.63) is 168 Å². The third kappa shape index (κ3) is 5.09. The van der Waals surface area contributed by atoms with Gasteiger partial charge >= 0.3 is 0 Å². The van der Waals surface area contributed by atoms with Gasteiger partial charge in [0.2, 0.25) is 0 Å². The van der Waals surface area contributed by atoms with Gasteiger partial charge < -0.3 is 14.4 Å². The molecule has 8 aromatic rings. The summed E-state index contributed by atoms with van der Waals surface area (Å²) in [6.45, 7) is 2.23. The highest BCUT2D eigenvalue weighted by atomic mass is 15.4. The maximum absolute atomic E-state index is 5.13. The zero-order valence-corrected chi connectivity index (χ0v) is 29.5. The van der Waals surface area contributed by atoms with Crippen LogP contribution in [0.25, 0.3) is 71.9 Å². The van der Waals surface area contributed by atoms with Crippen molar-refractivity contribution in [1.29, 1.82) is 0 Å². The van der Waals surface area contributed by atoms with E-state index in [0.29, 0.717) is 0 Å². The lowest BCUT2D eigenvalue weighted by molar-refractivity contribution is 0.215. The van der Waals surface area contributed by atoms with E-state index in [2.05, 4.69) is 194 Å². The average Bonchev–Trinajstić information content (AvgIpc) is 3.68. The smallest absolute Gasteiger partial charge is 0.140 e. The number of fused-ring (bicyclic) bond motifs is 4. The van der Waals surface area contributed by atoms with Gasteiger partial charge in [-0.2, -0.15) is 0 Å². The number of hydrogen-bond donors (Lipinski definition) is 0. The van der Waals surface area contributed by atoms with Crippen LogP contribution in [-0.4, -0.2) is 33.4 Å². The van der Waals surface area contributed by atoms with Crippen LogP contribution in [0.5, 0.6) is 0 Å². The minimum absolute atomic E-state index is 0.143. The highest BCUT2D eigenvalue weighted by Crippen LogP contribution is 2.40. The fourth-order valence-electron chi connectivity index (χ4n) is 8.19. The Morgan fingerprint density at radius 3 is 1.84 bits per heavy atom. The lowest BCUT2D eigenvalue weighted by Crippen LogP contribution is -2.26. The third-order valence-electron chi connectivity index (χ3n) is 10.8. The first kappa shape index (κ1) is 30.9. The van der Waals surface area contributed by atoms with Crippen molar-refractivity contribution in [3.63, 3.8) is 0 Å². The summed E-state index contributed by atoms with van der Waals surface area (Å²) >= 11 is 0. The van der Waals surface area contributed by atoms with E-state index in [1.54, 1.807) is 0 Å². The van der Waals surface area contributed by atoms with E-state index >= 15 is 0 Å². The van der Waals surface area contributed by atoms with Crippen molar-refractivity contribution >= 4 is 38.3 Å². The number of imidazole rings is 1. The van der Waals surface area contributed by atoms with Crippen LogP contribution in [0.4, 0.5) is 0 Å². The molecule has 4 nitrogen and oxygen atoms in total. The van der Waals surface area contributed by atoms with E-state index in [-0.39, 0.29) is 6.17 Å². The number of aryl methyl sites for hydroxylation is 2. The minimum atomic E-state index is 0.143. The summed E-state index contributed by atoms with van der Waals surface area (Å²) in [7, 11) is 6.49. The quantitative estimate of drug-likeness (QED) is 0.177. The van der Waals surface area contributed by atoms with E-state index in [9.17, 15) is 0 Å². The summed E-state index contributed by atoms with van der Waals surface area (Å²) in [5.74, 6) is 0.976. The first-order chi connectivity index (χ1) is 25.0. The van der Waals surface area contributed by atoms with E-state index < -0.39 is 0 Å². The minimum Gasteiger partial charge on any atom is -0.355 e. The summed E-state index contributed by atoms with van der Waals surface area (Å²) in [4.78, 5) is 9.85. The highest BCUT2D eigenvalue weighted by Gasteiger charge is 2.30. The molecule has 1 aromatic heterocycles. The maximum atomic E-state index is 5.13. The Kier molecular flexibility index (Phi) is 7.47. The molecule has 7 aromatic carbocycles. The summed E-state index contributed by atoms with van der Waals surface area (Å²) < 4.78 is 2.20. The molecule has 0 spiro atoms. The molecule has 1 unspecified atom stereocenters. The largest absolute Gasteiger partial charge is 0.355 e. The summed E-state index contributed by atoms with van der Waals surface area (Å²) in [6, 6.07) is 53.0. The predicted molar refractivity (Wildman–Crippen MR) is 214 cm³/mol. The molecule has 4 heteroatoms. The number of rotatable bonds is 6. The molecule has 1 aliphatic rings. The van der Waals surface area contributed by atoms with Crippen LogP contribution in [0.2, 0.25) is 0 Å². The van der Waals surface area contributed by atoms with Crippen LogP contribution in [0.1, 0.15) is 29.8 Å². The van der Waals surface area contributed by atoms with Crippen LogP contribution in [0.15, 0.2) is 152 Å². The van der Waals surface area contributed by atoms with Crippen LogP contribution in [-0.2, 0) is 13.5 Å². The fourth-order valence-corrected chi connectivity index (χ4v) is 8.19. The first-order valence-corrected chi connectivity index (χ1v) is 17.8. The second-order valence-corrected chi connectivity index (χ2v) is 13.7. The summed E-state index contributed by atoms with van der Waals surface area (Å²) in [5, 5.41) is 4.90. The molecule has 248 valence electrons. The van der Waals surface area contributed by atoms with E-state index in [1.807, 2.05) is 0 Å². The van der Waals surface area contributed by atoms with Gasteiger partial charge in [-0.05, 0) is 62.0 Å². The van der Waals surface area contributed by atoms with Gasteiger partial charge in [-0.15, -0.1) is 0 Å². The van der Waals surface area contributed by atoms with Gasteiger partial charge in [-0.3, -0.25) is 0 Å². The SMILES string of the molecule is CCc1ccccc1C1=CN(C)C(c2ccc(-c3cccc4c(-c5ccc(-c6nc7c8ccccc8ccc7n6C)cc5)cccc34)cc2)N1C. The maximum Gasteiger partial charge on any atom is 0.140 e. The van der Waals surface area contributed by atoms with Crippen molar-refractivity contribution in [3.8, 4) is 33.6 Å². The fraction of sp³-hybridized carbons (Fsp3) is 0.128. The lowest BCUT2D eigenvalue weighted by atomic mass is 9.92. The molecule has 1 aliphatic heterocycles. The Hall–Kier alpha value is -6.13. The molecular weight excluding hydrogens is 621 g/mol. The van der Waals surface area contributed by atoms with Crippen molar-refractivity contribution in [1.82, 2.24) is 19.4 Å². The zero-order valence-electron chi connectivity index (χ0n) is 29.5. The molecule has 9 rings (SSSR count). The average molecular weight is 661 g/mol. The lowest BCUT2D eigenvalue weighted by Gasteiger charge is -2.30. The van der Waals surface area contributed by atoms with E-state index in [0.717, 1.165) is 28.8 Å². The van der Waals surface area contributed by atoms with Crippen molar-refractivity contribution in [2.45, 2.75) is 19.5 Å². The van der Waals surface area contributed by atoms with Gasteiger partial charge in [0.1, 0.15) is 12.0 Å². The van der Waals surface area contributed by atoms with Gasteiger partial charge in [0.05, 0.1) is 16.7 Å². The number of benzene rings is 7. The second kappa shape index (κ2) is 12.3.